The summed E-state index contributed by atoms with van der Waals surface area (Å²) in [6.07, 6.45) is 1.76. The molecule has 0 spiro atoms. The van der Waals surface area contributed by atoms with E-state index in [2.05, 4.69) is 96.3 Å². The monoisotopic (exact) mass is 448 g/mol. The van der Waals surface area contributed by atoms with Crippen molar-refractivity contribution in [2.45, 2.75) is 6.42 Å². The highest BCUT2D eigenvalue weighted by atomic mass is 31.2. The van der Waals surface area contributed by atoms with Crippen molar-refractivity contribution in [3.8, 4) is 0 Å². The van der Waals surface area contributed by atoms with Gasteiger partial charge in [0, 0.05) is 13.5 Å². The number of amides is 1. The molecule has 0 bridgehead atoms. The summed E-state index contributed by atoms with van der Waals surface area (Å²) in [5.41, 5.74) is 5.94. The number of carbonyl (C=O) groups is 1. The zero-order valence-electron chi connectivity index (χ0n) is 18.9. The van der Waals surface area contributed by atoms with Crippen LogP contribution in [0.4, 0.5) is 0 Å². The molecular formula is C26H33N4OP+2. The number of nitrogens with two attached hydrogens (primary N) is 1. The Labute approximate surface area is 191 Å². The molecule has 4 N–H and O–H groups in total. The second-order valence-electron chi connectivity index (χ2n) is 8.23. The largest absolute Gasteiger partial charge is 0.354 e. The second kappa shape index (κ2) is 10.5. The molecule has 32 heavy (non-hydrogen) atoms. The molecule has 3 aromatic rings. The zero-order chi connectivity index (χ0) is 23.0. The summed E-state index contributed by atoms with van der Waals surface area (Å²) in [4.78, 5) is 12.1. The lowest BCUT2D eigenvalue weighted by molar-refractivity contribution is -0.814. The van der Waals surface area contributed by atoms with Crippen molar-refractivity contribution in [1.29, 1.82) is 5.41 Å². The number of quaternary nitrogens is 1. The SMILES string of the molecule is CNC(=O)C[N+](C)(CCC[P+](c1ccccc1)(c1ccccc1)c1ccccc1)C(=N)N. The third-order valence-corrected chi connectivity index (χ3v) is 10.6. The van der Waals surface area contributed by atoms with Crippen LogP contribution in [0, 0.1) is 5.41 Å². The molecule has 0 aliphatic rings. The van der Waals surface area contributed by atoms with Crippen LogP contribution in [0.2, 0.25) is 0 Å². The molecule has 0 saturated carbocycles. The fourth-order valence-corrected chi connectivity index (χ4v) is 8.55. The van der Waals surface area contributed by atoms with Gasteiger partial charge in [-0.15, -0.1) is 0 Å². The smallest absolute Gasteiger partial charge is 0.292 e. The van der Waals surface area contributed by atoms with Crippen molar-refractivity contribution < 1.29 is 9.28 Å². The minimum absolute atomic E-state index is 0.0108. The van der Waals surface area contributed by atoms with Crippen LogP contribution in [0.15, 0.2) is 91.0 Å². The third-order valence-electron chi connectivity index (χ3n) is 6.09. The van der Waals surface area contributed by atoms with Gasteiger partial charge in [0.05, 0.1) is 19.8 Å². The predicted octanol–water partition coefficient (Wildman–Crippen LogP) is 2.46. The first-order valence-electron chi connectivity index (χ1n) is 10.9. The molecular weight excluding hydrogens is 415 g/mol. The summed E-state index contributed by atoms with van der Waals surface area (Å²) in [5.74, 6) is -0.102. The molecule has 1 amide bonds. The molecule has 0 aliphatic heterocycles. The van der Waals surface area contributed by atoms with Crippen LogP contribution >= 0.6 is 7.26 Å². The fourth-order valence-electron chi connectivity index (χ4n) is 4.22. The molecule has 166 valence electrons. The maximum atomic E-state index is 12.1. The minimum atomic E-state index is -1.93. The van der Waals surface area contributed by atoms with Crippen molar-refractivity contribution >= 4 is 35.0 Å². The first-order valence-corrected chi connectivity index (χ1v) is 12.8. The quantitative estimate of drug-likeness (QED) is 0.204. The number of carbonyl (C=O) groups excluding carboxylic acids is 1. The van der Waals surface area contributed by atoms with Gasteiger partial charge in [-0.25, -0.2) is 5.41 Å². The average molecular weight is 449 g/mol. The van der Waals surface area contributed by atoms with Gasteiger partial charge < -0.3 is 11.1 Å². The Bertz CT molecular complexity index is 931. The number of benzene rings is 3. The highest BCUT2D eigenvalue weighted by molar-refractivity contribution is 7.95. The summed E-state index contributed by atoms with van der Waals surface area (Å²) in [5, 5.41) is 14.8. The van der Waals surface area contributed by atoms with Crippen LogP contribution in [0.5, 0.6) is 0 Å². The molecule has 1 unspecified atom stereocenters. The Balaban J connectivity index is 2.04. The predicted molar refractivity (Wildman–Crippen MR) is 137 cm³/mol. The van der Waals surface area contributed by atoms with Crippen molar-refractivity contribution in [2.75, 3.05) is 33.3 Å². The fraction of sp³-hybridized carbons (Fsp3) is 0.231. The summed E-state index contributed by atoms with van der Waals surface area (Å²) >= 11 is 0. The van der Waals surface area contributed by atoms with Gasteiger partial charge in [-0.2, -0.15) is 0 Å². The summed E-state index contributed by atoms with van der Waals surface area (Å²) in [7, 11) is 1.55. The standard InChI is InChI=1S/C26H32N4OP/c1-29-25(31)21-30(2,26(27)28)19-12-20-32(22-13-6-3-7-14-22,23-15-8-4-9-16-23)24-17-10-5-11-18-24/h3-11,13-18H,12,19-21H2,1-2H3,(H3-,27,28,29,31)/q+1/p+1. The van der Waals surface area contributed by atoms with Gasteiger partial charge in [-0.05, 0) is 36.4 Å². The van der Waals surface area contributed by atoms with E-state index in [1.54, 1.807) is 7.05 Å². The molecule has 3 aromatic carbocycles. The molecule has 0 radical (unpaired) electrons. The number of hydrogen-bond donors (Lipinski definition) is 3. The molecule has 5 nitrogen and oxygen atoms in total. The van der Waals surface area contributed by atoms with E-state index < -0.39 is 7.26 Å². The number of nitrogens with one attached hydrogen (secondary N) is 2. The second-order valence-corrected chi connectivity index (χ2v) is 11.8. The molecule has 0 fully saturated rings. The van der Waals surface area contributed by atoms with E-state index in [0.29, 0.717) is 6.54 Å². The van der Waals surface area contributed by atoms with E-state index in [4.69, 9.17) is 11.1 Å². The molecule has 0 saturated heterocycles. The molecule has 6 heteroatoms. The van der Waals surface area contributed by atoms with Crippen LogP contribution in [0.3, 0.4) is 0 Å². The van der Waals surface area contributed by atoms with Gasteiger partial charge in [0.15, 0.2) is 6.54 Å². The maximum absolute atomic E-state index is 12.1. The van der Waals surface area contributed by atoms with Crippen molar-refractivity contribution in [3.05, 3.63) is 91.0 Å². The Morgan fingerprint density at radius 3 is 1.62 bits per heavy atom. The Kier molecular flexibility index (Phi) is 7.79. The van der Waals surface area contributed by atoms with Crippen molar-refractivity contribution in [3.63, 3.8) is 0 Å². The number of hydrogen-bond acceptors (Lipinski definition) is 2. The molecule has 3 rings (SSSR count). The molecule has 0 heterocycles. The van der Waals surface area contributed by atoms with E-state index in [-0.39, 0.29) is 22.9 Å². The molecule has 0 aliphatic carbocycles. The Morgan fingerprint density at radius 1 is 0.875 bits per heavy atom. The lowest BCUT2D eigenvalue weighted by Crippen LogP contribution is -2.57. The molecule has 0 aromatic heterocycles. The lowest BCUT2D eigenvalue weighted by atomic mass is 10.3. The third kappa shape index (κ3) is 5.07. The maximum Gasteiger partial charge on any atom is 0.292 e. The highest BCUT2D eigenvalue weighted by Crippen LogP contribution is 2.55. The van der Waals surface area contributed by atoms with Gasteiger partial charge in [0.1, 0.15) is 23.2 Å². The van der Waals surface area contributed by atoms with Gasteiger partial charge in [0.2, 0.25) is 0 Å². The summed E-state index contributed by atoms with van der Waals surface area (Å²) < 4.78 is 0.109. The van der Waals surface area contributed by atoms with Gasteiger partial charge in [-0.3, -0.25) is 9.28 Å². The van der Waals surface area contributed by atoms with E-state index >= 15 is 0 Å². The van der Waals surface area contributed by atoms with Gasteiger partial charge >= 0.3 is 0 Å². The zero-order valence-corrected chi connectivity index (χ0v) is 19.8. The molecule has 1 atom stereocenters. The minimum Gasteiger partial charge on any atom is -0.354 e. The van der Waals surface area contributed by atoms with Crippen molar-refractivity contribution in [1.82, 2.24) is 5.32 Å². The number of rotatable bonds is 9. The van der Waals surface area contributed by atoms with E-state index in [0.717, 1.165) is 12.6 Å². The first kappa shape index (κ1) is 23.6. The van der Waals surface area contributed by atoms with Crippen LogP contribution in [0.1, 0.15) is 6.42 Å². The van der Waals surface area contributed by atoms with Crippen LogP contribution < -0.4 is 27.0 Å². The van der Waals surface area contributed by atoms with E-state index in [9.17, 15) is 4.79 Å². The normalized spacial score (nSPS) is 13.2. The number of likely N-dealkylation sites (N-methyl/N-ethyl adjacent to an activating group) is 2. The highest BCUT2D eigenvalue weighted by Gasteiger charge is 2.45. The average Bonchev–Trinajstić information content (AvgIpc) is 2.83. The van der Waals surface area contributed by atoms with Crippen LogP contribution in [0.25, 0.3) is 0 Å². The van der Waals surface area contributed by atoms with Gasteiger partial charge in [-0.1, -0.05) is 54.6 Å². The number of nitrogens with zero attached hydrogens (tertiary/aromatic N) is 1. The Morgan fingerprint density at radius 2 is 1.28 bits per heavy atom. The Hall–Kier alpha value is -3.01. The van der Waals surface area contributed by atoms with Crippen LogP contribution in [-0.4, -0.2) is 49.7 Å². The van der Waals surface area contributed by atoms with Crippen LogP contribution in [-0.2, 0) is 4.79 Å². The van der Waals surface area contributed by atoms with Gasteiger partial charge in [0.25, 0.3) is 11.9 Å². The first-order chi connectivity index (χ1) is 15.4. The van der Waals surface area contributed by atoms with Crippen molar-refractivity contribution in [2.24, 2.45) is 5.73 Å². The lowest BCUT2D eigenvalue weighted by Gasteiger charge is -2.32. The summed E-state index contributed by atoms with van der Waals surface area (Å²) in [6.45, 7) is 0.788. The summed E-state index contributed by atoms with van der Waals surface area (Å²) in [6, 6.07) is 32.2. The van der Waals surface area contributed by atoms with E-state index in [1.807, 2.05) is 7.05 Å². The number of guanidine groups is 1. The van der Waals surface area contributed by atoms with E-state index in [1.165, 1.54) is 15.9 Å². The topological polar surface area (TPSA) is 79.0 Å².